The van der Waals surface area contributed by atoms with Crippen molar-refractivity contribution >= 4 is 35.2 Å². The van der Waals surface area contributed by atoms with Crippen molar-refractivity contribution in [3.05, 3.63) is 0 Å². The summed E-state index contributed by atoms with van der Waals surface area (Å²) in [5, 5.41) is 0. The summed E-state index contributed by atoms with van der Waals surface area (Å²) < 4.78 is 0. The molecule has 34 valence electrons. The van der Waals surface area contributed by atoms with Gasteiger partial charge in [-0.25, -0.2) is 0 Å². The Morgan fingerprint density at radius 1 is 0.600 bits per heavy atom. The summed E-state index contributed by atoms with van der Waals surface area (Å²) in [4.78, 5) is 0. The normalized spacial score (nSPS) is 0. The van der Waals surface area contributed by atoms with Crippen molar-refractivity contribution < 1.29 is 66.5 Å². The fraction of sp³-hybridized carbons (Fsp3) is 0. The fourth-order valence-corrected chi connectivity index (χ4v) is 0. The van der Waals surface area contributed by atoms with Gasteiger partial charge in [0.1, 0.15) is 0 Å². The van der Waals surface area contributed by atoms with Crippen LogP contribution in [-0.4, -0.2) is 35.2 Å². The van der Waals surface area contributed by atoms with Crippen molar-refractivity contribution in [1.29, 1.82) is 0 Å². The average molecular weight is 587 g/mol. The van der Waals surface area contributed by atoms with Gasteiger partial charge in [0.2, 0.25) is 0 Å². The van der Waals surface area contributed by atoms with Crippen LogP contribution in [0.3, 0.4) is 0 Å². The second-order valence-corrected chi connectivity index (χ2v) is 0. The van der Waals surface area contributed by atoms with Gasteiger partial charge in [-0.1, -0.05) is 0 Å². The summed E-state index contributed by atoms with van der Waals surface area (Å²) in [7, 11) is 0. The van der Waals surface area contributed by atoms with Crippen molar-refractivity contribution in [3.63, 3.8) is 0 Å². The van der Waals surface area contributed by atoms with Crippen LogP contribution in [0.1, 0.15) is 0 Å². The molecule has 0 saturated carbocycles. The van der Waals surface area contributed by atoms with Crippen LogP contribution in [0, 0.1) is 0 Å². The third-order valence-corrected chi connectivity index (χ3v) is 0. The molecule has 0 atom stereocenters. The molecule has 0 saturated heterocycles. The molecule has 5 heavy (non-hydrogen) atoms. The van der Waals surface area contributed by atoms with E-state index in [0.717, 1.165) is 0 Å². The molecule has 0 N–H and O–H groups in total. The van der Waals surface area contributed by atoms with E-state index in [4.69, 9.17) is 0 Å². The minimum absolute atomic E-state index is 0. The Balaban J connectivity index is 0. The molecule has 0 aliphatic carbocycles. The van der Waals surface area contributed by atoms with Crippen LogP contribution < -0.4 is 0 Å². The molecule has 0 fully saturated rings. The van der Waals surface area contributed by atoms with Crippen molar-refractivity contribution in [2.45, 2.75) is 0 Å². The van der Waals surface area contributed by atoms with E-state index in [9.17, 15) is 0 Å². The average Bonchev–Trinajstić information content (AvgIpc) is 0. The molecule has 10 radical (unpaired) electrons. The van der Waals surface area contributed by atoms with E-state index in [1.54, 1.807) is 0 Å². The van der Waals surface area contributed by atoms with Gasteiger partial charge in [0.15, 0.2) is 0 Å². The summed E-state index contributed by atoms with van der Waals surface area (Å²) in [5.41, 5.74) is 0. The van der Waals surface area contributed by atoms with Crippen molar-refractivity contribution in [2.24, 2.45) is 0 Å². The Hall–Kier alpha value is 3.28. The molecule has 0 nitrogen and oxygen atoms in total. The van der Waals surface area contributed by atoms with Gasteiger partial charge in [0.25, 0.3) is 0 Å². The molecule has 0 aliphatic rings. The Labute approximate surface area is 99.8 Å². The van der Waals surface area contributed by atoms with Gasteiger partial charge >= 0.3 is 0 Å². The number of hydrogen-bond donors (Lipinski definition) is 0. The van der Waals surface area contributed by atoms with E-state index in [-0.39, 0.29) is 102 Å². The van der Waals surface area contributed by atoms with Crippen LogP contribution in [-0.2, 0) is 66.5 Å². The van der Waals surface area contributed by atoms with Crippen molar-refractivity contribution in [2.75, 3.05) is 0 Å². The molecule has 0 amide bonds. The van der Waals surface area contributed by atoms with Gasteiger partial charge in [-0.3, -0.25) is 0 Å². The monoisotopic (exact) mass is 590 g/mol. The topological polar surface area (TPSA) is 0 Å². The van der Waals surface area contributed by atoms with Crippen molar-refractivity contribution in [3.8, 4) is 0 Å². The van der Waals surface area contributed by atoms with Crippen LogP contribution in [0.2, 0.25) is 0 Å². The fourth-order valence-electron chi connectivity index (χ4n) is 0. The molecule has 5 heteroatoms. The molecule has 0 rings (SSSR count). The quantitative estimate of drug-likeness (QED) is 0.327. The molecular formula is Au2Ge2Ti. The Morgan fingerprint density at radius 3 is 0.600 bits per heavy atom. The van der Waals surface area contributed by atoms with Gasteiger partial charge in [-0.15, -0.1) is 0 Å². The summed E-state index contributed by atoms with van der Waals surface area (Å²) in [6.07, 6.45) is 0. The molecule has 0 bridgehead atoms. The molecular weight excluding hydrogens is 587 g/mol. The smallest absolute Gasteiger partial charge is 0 e. The molecule has 0 aliphatic heterocycles. The Kier molecular flexibility index (Phi) is 218. The summed E-state index contributed by atoms with van der Waals surface area (Å²) in [5.74, 6) is 0. The number of rotatable bonds is 0. The summed E-state index contributed by atoms with van der Waals surface area (Å²) in [6.45, 7) is 0. The standard InChI is InChI=1S/2Au.2Ge.Ti. The first-order valence-corrected chi connectivity index (χ1v) is 0. The maximum absolute atomic E-state index is 0. The van der Waals surface area contributed by atoms with E-state index in [1.165, 1.54) is 0 Å². The second-order valence-electron chi connectivity index (χ2n) is 0. The predicted octanol–water partition coefficient (Wildman–Crippen LogP) is -0.769. The SMILES string of the molecule is [Au].[Au].[Ge].[Ge].[Ti]. The Morgan fingerprint density at radius 2 is 0.600 bits per heavy atom. The van der Waals surface area contributed by atoms with Crippen LogP contribution >= 0.6 is 0 Å². The van der Waals surface area contributed by atoms with Crippen LogP contribution in [0.4, 0.5) is 0 Å². The number of hydrogen-bond acceptors (Lipinski definition) is 0. The largest absolute Gasteiger partial charge is 0 e. The predicted molar refractivity (Wildman–Crippen MR) is 11.5 cm³/mol. The third-order valence-electron chi connectivity index (χ3n) is 0. The molecule has 0 unspecified atom stereocenters. The molecule has 0 aromatic heterocycles. The van der Waals surface area contributed by atoms with Crippen LogP contribution in [0.15, 0.2) is 0 Å². The van der Waals surface area contributed by atoms with Gasteiger partial charge < -0.3 is 0 Å². The maximum Gasteiger partial charge on any atom is 0 e. The van der Waals surface area contributed by atoms with E-state index >= 15 is 0 Å². The molecule has 0 aromatic rings. The molecule has 0 spiro atoms. The maximum atomic E-state index is 0. The van der Waals surface area contributed by atoms with Gasteiger partial charge in [-0.05, 0) is 0 Å². The minimum Gasteiger partial charge on any atom is 0 e. The minimum atomic E-state index is 0. The van der Waals surface area contributed by atoms with Crippen molar-refractivity contribution in [1.82, 2.24) is 0 Å². The first-order valence-electron chi connectivity index (χ1n) is 0. The van der Waals surface area contributed by atoms with Gasteiger partial charge in [0.05, 0.1) is 0 Å². The first kappa shape index (κ1) is 40.8. The zero-order chi connectivity index (χ0) is 0. The zero-order valence-corrected chi connectivity index (χ0v) is 12.2. The second kappa shape index (κ2) is 26.7. The van der Waals surface area contributed by atoms with Crippen LogP contribution in [0.25, 0.3) is 0 Å². The van der Waals surface area contributed by atoms with Gasteiger partial charge in [0, 0.05) is 102 Å². The third kappa shape index (κ3) is 18.9. The first-order chi connectivity index (χ1) is 0. The van der Waals surface area contributed by atoms with E-state index in [0.29, 0.717) is 0 Å². The van der Waals surface area contributed by atoms with Crippen LogP contribution in [0.5, 0.6) is 0 Å². The zero-order valence-electron chi connectivity index (χ0n) is 2.10. The summed E-state index contributed by atoms with van der Waals surface area (Å²) in [6, 6.07) is 0. The summed E-state index contributed by atoms with van der Waals surface area (Å²) >= 11 is 0. The Bertz CT molecular complexity index is 7.61. The van der Waals surface area contributed by atoms with E-state index in [2.05, 4.69) is 0 Å². The van der Waals surface area contributed by atoms with E-state index in [1.807, 2.05) is 0 Å². The molecule has 0 heterocycles. The molecule has 0 aromatic carbocycles. The van der Waals surface area contributed by atoms with Gasteiger partial charge in [-0.2, -0.15) is 0 Å². The van der Waals surface area contributed by atoms with E-state index < -0.39 is 0 Å².